The van der Waals surface area contributed by atoms with Crippen LogP contribution < -0.4 is 0 Å². The van der Waals surface area contributed by atoms with Crippen molar-refractivity contribution in [2.24, 2.45) is 5.92 Å². The second kappa shape index (κ2) is 6.13. The molecule has 0 aromatic heterocycles. The maximum Gasteiger partial charge on any atom is 0.353 e. The number of carboxylic acids is 1. The Morgan fingerprint density at radius 2 is 2.24 bits per heavy atom. The zero-order valence-corrected chi connectivity index (χ0v) is 11.9. The normalized spacial score (nSPS) is 25.6. The summed E-state index contributed by atoms with van der Waals surface area (Å²) in [5, 5.41) is 10.7. The van der Waals surface area contributed by atoms with Gasteiger partial charge in [0.15, 0.2) is 0 Å². The fraction of sp³-hybridized carbons (Fsp3) is 0.385. The third-order valence-corrected chi connectivity index (χ3v) is 4.45. The van der Waals surface area contributed by atoms with E-state index in [0.29, 0.717) is 17.6 Å². The van der Waals surface area contributed by atoms with Crippen molar-refractivity contribution >= 4 is 36.4 Å². The number of hydrogen-bond acceptors (Lipinski definition) is 6. The average Bonchev–Trinajstić information content (AvgIpc) is 2.74. The van der Waals surface area contributed by atoms with Crippen LogP contribution in [0.2, 0.25) is 0 Å². The van der Waals surface area contributed by atoms with E-state index < -0.39 is 18.0 Å². The highest BCUT2D eigenvalue weighted by Crippen LogP contribution is 2.47. The molecule has 0 aromatic carbocycles. The predicted molar refractivity (Wildman–Crippen MR) is 72.8 cm³/mol. The molecular formula is C13H13NO6S. The quantitative estimate of drug-likeness (QED) is 0.415. The Morgan fingerprint density at radius 3 is 2.81 bits per heavy atom. The van der Waals surface area contributed by atoms with E-state index in [1.165, 1.54) is 16.4 Å². The average molecular weight is 311 g/mol. The largest absolute Gasteiger partial charge is 0.477 e. The minimum absolute atomic E-state index is 0.0555. The smallest absolute Gasteiger partial charge is 0.353 e. The van der Waals surface area contributed by atoms with Gasteiger partial charge in [-0.15, -0.1) is 0 Å². The molecule has 0 spiro atoms. The van der Waals surface area contributed by atoms with Crippen molar-refractivity contribution in [2.45, 2.75) is 25.5 Å². The van der Waals surface area contributed by atoms with Crippen molar-refractivity contribution in [3.8, 4) is 0 Å². The summed E-state index contributed by atoms with van der Waals surface area (Å²) in [4.78, 5) is 45.8. The summed E-state index contributed by atoms with van der Waals surface area (Å²) in [5.74, 6) is -2.07. The molecule has 2 aliphatic rings. The van der Waals surface area contributed by atoms with E-state index in [-0.39, 0.29) is 24.1 Å². The highest BCUT2D eigenvalue weighted by molar-refractivity contribution is 8.05. The molecule has 1 fully saturated rings. The van der Waals surface area contributed by atoms with Gasteiger partial charge in [-0.1, -0.05) is 11.8 Å². The molecule has 0 aliphatic carbocycles. The minimum Gasteiger partial charge on any atom is -0.477 e. The van der Waals surface area contributed by atoms with Gasteiger partial charge < -0.3 is 14.7 Å². The Morgan fingerprint density at radius 1 is 1.52 bits per heavy atom. The Labute approximate surface area is 124 Å². The molecule has 0 radical (unpaired) electrons. The van der Waals surface area contributed by atoms with Crippen molar-refractivity contribution < 1.29 is 29.0 Å². The highest BCUT2D eigenvalue weighted by Gasteiger charge is 2.57. The molecule has 21 heavy (non-hydrogen) atoms. The van der Waals surface area contributed by atoms with Gasteiger partial charge >= 0.3 is 5.97 Å². The lowest BCUT2D eigenvalue weighted by molar-refractivity contribution is -0.165. The summed E-state index contributed by atoms with van der Waals surface area (Å²) < 4.78 is 4.79. The first kappa shape index (κ1) is 15.3. The number of fused-ring (bicyclic) bond motifs is 1. The summed E-state index contributed by atoms with van der Waals surface area (Å²) in [7, 11) is 0. The van der Waals surface area contributed by atoms with Crippen LogP contribution in [0.1, 0.15) is 13.3 Å². The van der Waals surface area contributed by atoms with Gasteiger partial charge in [0.25, 0.3) is 6.47 Å². The Balaban J connectivity index is 2.20. The van der Waals surface area contributed by atoms with E-state index in [1.807, 2.05) is 0 Å². The SMILES string of the molecule is C[C@@H](OC=O)[C@H]1C(=O)N2C(C(=O)O)=C(S/C=C/C=O)C[C@H]12. The fourth-order valence-corrected chi connectivity index (χ4v) is 3.52. The molecule has 112 valence electrons. The van der Waals surface area contributed by atoms with Crippen molar-refractivity contribution in [2.75, 3.05) is 0 Å². The Hall–Kier alpha value is -2.09. The van der Waals surface area contributed by atoms with Crippen LogP contribution in [0.5, 0.6) is 0 Å². The van der Waals surface area contributed by atoms with Crippen molar-refractivity contribution in [3.63, 3.8) is 0 Å². The number of thioether (sulfide) groups is 1. The number of rotatable bonds is 7. The molecule has 7 nitrogen and oxygen atoms in total. The van der Waals surface area contributed by atoms with Crippen LogP contribution in [-0.2, 0) is 23.9 Å². The minimum atomic E-state index is -1.18. The zero-order valence-electron chi connectivity index (χ0n) is 11.1. The number of β-lactam (4-membered cyclic amide) rings is 1. The maximum atomic E-state index is 12.1. The molecule has 2 heterocycles. The Kier molecular flexibility index (Phi) is 4.46. The van der Waals surface area contributed by atoms with Gasteiger partial charge in [0.2, 0.25) is 5.91 Å². The summed E-state index contributed by atoms with van der Waals surface area (Å²) in [6.45, 7) is 1.88. The van der Waals surface area contributed by atoms with Gasteiger partial charge in [-0.25, -0.2) is 4.79 Å². The van der Waals surface area contributed by atoms with Gasteiger partial charge in [0.1, 0.15) is 18.1 Å². The van der Waals surface area contributed by atoms with Crippen molar-refractivity contribution in [3.05, 3.63) is 22.1 Å². The number of hydrogen-bond donors (Lipinski definition) is 1. The summed E-state index contributed by atoms with van der Waals surface area (Å²) in [5.41, 5.74) is -0.0555. The summed E-state index contributed by atoms with van der Waals surface area (Å²) in [6.07, 6.45) is 1.62. The molecule has 1 amide bonds. The lowest BCUT2D eigenvalue weighted by Gasteiger charge is -2.45. The molecule has 2 rings (SSSR count). The molecule has 2 aliphatic heterocycles. The Bertz CT molecular complexity index is 555. The van der Waals surface area contributed by atoms with Crippen molar-refractivity contribution in [1.29, 1.82) is 0 Å². The van der Waals surface area contributed by atoms with E-state index in [0.717, 1.165) is 11.8 Å². The molecule has 0 unspecified atom stereocenters. The maximum absolute atomic E-state index is 12.1. The lowest BCUT2D eigenvalue weighted by Crippen LogP contribution is -2.62. The number of carbonyl (C=O) groups excluding carboxylic acids is 3. The number of carboxylic acid groups (broad SMARTS) is 1. The number of aldehydes is 1. The second-order valence-electron chi connectivity index (χ2n) is 4.60. The van der Waals surface area contributed by atoms with Crippen LogP contribution in [0.15, 0.2) is 22.1 Å². The van der Waals surface area contributed by atoms with Gasteiger partial charge in [0, 0.05) is 11.3 Å². The second-order valence-corrected chi connectivity index (χ2v) is 5.60. The molecular weight excluding hydrogens is 298 g/mol. The highest BCUT2D eigenvalue weighted by atomic mass is 32.2. The summed E-state index contributed by atoms with van der Waals surface area (Å²) in [6, 6.07) is -0.314. The van der Waals surface area contributed by atoms with E-state index in [2.05, 4.69) is 0 Å². The number of carbonyl (C=O) groups is 4. The van der Waals surface area contributed by atoms with Crippen molar-refractivity contribution in [1.82, 2.24) is 4.90 Å². The molecule has 0 aromatic rings. The van der Waals surface area contributed by atoms with Gasteiger partial charge in [-0.05, 0) is 18.4 Å². The third-order valence-electron chi connectivity index (χ3n) is 3.51. The molecule has 0 bridgehead atoms. The topological polar surface area (TPSA) is 101 Å². The first-order valence-corrected chi connectivity index (χ1v) is 7.06. The van der Waals surface area contributed by atoms with E-state index in [1.54, 1.807) is 6.92 Å². The molecule has 1 saturated heterocycles. The molecule has 8 heteroatoms. The van der Waals surface area contributed by atoms with Crippen LogP contribution in [0.3, 0.4) is 0 Å². The molecule has 3 atom stereocenters. The fourth-order valence-electron chi connectivity index (χ4n) is 2.65. The molecule has 0 saturated carbocycles. The van der Waals surface area contributed by atoms with E-state index >= 15 is 0 Å². The van der Waals surface area contributed by atoms with E-state index in [9.17, 15) is 24.3 Å². The van der Waals surface area contributed by atoms with Crippen LogP contribution in [0.4, 0.5) is 0 Å². The number of aliphatic carboxylic acids is 1. The first-order chi connectivity index (χ1) is 10.0. The van der Waals surface area contributed by atoms with Crippen LogP contribution in [0, 0.1) is 5.92 Å². The summed E-state index contributed by atoms with van der Waals surface area (Å²) >= 11 is 1.10. The number of amides is 1. The number of allylic oxidation sites excluding steroid dienone is 1. The number of ether oxygens (including phenoxy) is 1. The van der Waals surface area contributed by atoms with Crippen LogP contribution >= 0.6 is 11.8 Å². The monoisotopic (exact) mass is 311 g/mol. The van der Waals surface area contributed by atoms with Gasteiger partial charge in [-0.2, -0.15) is 0 Å². The predicted octanol–water partition coefficient (Wildman–Crippen LogP) is 0.521. The lowest BCUT2D eigenvalue weighted by atomic mass is 9.83. The zero-order chi connectivity index (χ0) is 15.6. The van der Waals surface area contributed by atoms with Gasteiger partial charge in [0.05, 0.1) is 12.0 Å². The van der Waals surface area contributed by atoms with Crippen LogP contribution in [-0.4, -0.2) is 46.8 Å². The third kappa shape index (κ3) is 2.58. The van der Waals surface area contributed by atoms with Gasteiger partial charge in [-0.3, -0.25) is 14.4 Å². The number of nitrogens with zero attached hydrogens (tertiary/aromatic N) is 1. The molecule has 1 N–H and O–H groups in total. The standard InChI is InChI=1S/C13H13NO6S/c1-7(20-6-16)10-8-5-9(21-4-2-3-15)11(13(18)19)14(8)12(10)17/h2-4,6-8,10H,5H2,1H3,(H,18,19)/b4-2+/t7-,8-,10-/m1/s1. The van der Waals surface area contributed by atoms with Crippen LogP contribution in [0.25, 0.3) is 0 Å². The van der Waals surface area contributed by atoms with E-state index in [4.69, 9.17) is 4.74 Å². The first-order valence-electron chi connectivity index (χ1n) is 6.18.